The highest BCUT2D eigenvalue weighted by Gasteiger charge is 2.31. The van der Waals surface area contributed by atoms with Crippen molar-refractivity contribution >= 4 is 17.8 Å². The number of likely N-dealkylation sites (tertiary alicyclic amines) is 2. The van der Waals surface area contributed by atoms with E-state index in [9.17, 15) is 9.59 Å². The molecule has 0 aromatic carbocycles. The number of guanidine groups is 1. The second-order valence-corrected chi connectivity index (χ2v) is 7.77. The summed E-state index contributed by atoms with van der Waals surface area (Å²) in [6.45, 7) is 6.66. The molecule has 0 aromatic rings. The Labute approximate surface area is 169 Å². The summed E-state index contributed by atoms with van der Waals surface area (Å²) in [5, 5.41) is 3.44. The summed E-state index contributed by atoms with van der Waals surface area (Å²) >= 11 is 0. The summed E-state index contributed by atoms with van der Waals surface area (Å²) in [7, 11) is 5.46. The van der Waals surface area contributed by atoms with Crippen LogP contribution in [0.1, 0.15) is 39.0 Å². The number of rotatable bonds is 7. The first-order valence-corrected chi connectivity index (χ1v) is 10.5. The molecular formula is C20H37N5O3. The third-order valence-electron chi connectivity index (χ3n) is 5.62. The number of carbonyl (C=O) groups is 2. The lowest BCUT2D eigenvalue weighted by Gasteiger charge is -2.33. The molecule has 8 nitrogen and oxygen atoms in total. The van der Waals surface area contributed by atoms with E-state index in [1.54, 1.807) is 11.9 Å². The van der Waals surface area contributed by atoms with Crippen LogP contribution in [0.15, 0.2) is 4.99 Å². The van der Waals surface area contributed by atoms with Gasteiger partial charge in [0.25, 0.3) is 0 Å². The van der Waals surface area contributed by atoms with E-state index in [2.05, 4.69) is 20.1 Å². The zero-order valence-corrected chi connectivity index (χ0v) is 17.9. The smallest absolute Gasteiger partial charge is 0.309 e. The minimum Gasteiger partial charge on any atom is -0.466 e. The van der Waals surface area contributed by atoms with E-state index < -0.39 is 0 Å². The molecular weight excluding hydrogens is 358 g/mol. The molecule has 1 N–H and O–H groups in total. The molecule has 2 aliphatic rings. The number of hydrogen-bond acceptors (Lipinski definition) is 5. The van der Waals surface area contributed by atoms with Crippen LogP contribution in [-0.2, 0) is 14.3 Å². The summed E-state index contributed by atoms with van der Waals surface area (Å²) in [5.41, 5.74) is 0. The maximum absolute atomic E-state index is 12.3. The Morgan fingerprint density at radius 3 is 2.50 bits per heavy atom. The first-order chi connectivity index (χ1) is 13.5. The van der Waals surface area contributed by atoms with Crippen molar-refractivity contribution in [2.24, 2.45) is 10.9 Å². The molecule has 0 radical (unpaired) electrons. The number of esters is 1. The summed E-state index contributed by atoms with van der Waals surface area (Å²) in [6, 6.07) is 0.0382. The van der Waals surface area contributed by atoms with Crippen molar-refractivity contribution in [3.63, 3.8) is 0 Å². The fraction of sp³-hybridized carbons (Fsp3) is 0.850. The predicted molar refractivity (Wildman–Crippen MR) is 110 cm³/mol. The summed E-state index contributed by atoms with van der Waals surface area (Å²) < 4.78 is 5.14. The molecule has 2 rings (SSSR count). The van der Waals surface area contributed by atoms with Gasteiger partial charge in [-0.2, -0.15) is 0 Å². The van der Waals surface area contributed by atoms with Gasteiger partial charge in [-0.1, -0.05) is 0 Å². The van der Waals surface area contributed by atoms with Gasteiger partial charge in [0.15, 0.2) is 5.96 Å². The second-order valence-electron chi connectivity index (χ2n) is 7.77. The van der Waals surface area contributed by atoms with Crippen molar-refractivity contribution < 1.29 is 14.3 Å². The molecule has 2 aliphatic heterocycles. The number of aliphatic imine (C=N–C) groups is 1. The fourth-order valence-corrected chi connectivity index (χ4v) is 4.07. The number of hydrogen-bond donors (Lipinski definition) is 1. The Bertz CT molecular complexity index is 544. The highest BCUT2D eigenvalue weighted by atomic mass is 16.5. The van der Waals surface area contributed by atoms with E-state index in [1.165, 1.54) is 0 Å². The van der Waals surface area contributed by atoms with Crippen LogP contribution in [0.25, 0.3) is 0 Å². The van der Waals surface area contributed by atoms with Gasteiger partial charge in [0.05, 0.1) is 18.6 Å². The highest BCUT2D eigenvalue weighted by molar-refractivity contribution is 5.82. The Hall–Kier alpha value is -1.83. The molecule has 8 heteroatoms. The van der Waals surface area contributed by atoms with Gasteiger partial charge in [0, 0.05) is 47.3 Å². The van der Waals surface area contributed by atoms with E-state index in [1.807, 2.05) is 21.0 Å². The van der Waals surface area contributed by atoms with Crippen molar-refractivity contribution in [3.05, 3.63) is 0 Å². The van der Waals surface area contributed by atoms with Crippen LogP contribution in [0.3, 0.4) is 0 Å². The molecule has 0 aliphatic carbocycles. The van der Waals surface area contributed by atoms with Crippen LogP contribution in [0.4, 0.5) is 0 Å². The summed E-state index contributed by atoms with van der Waals surface area (Å²) in [4.78, 5) is 34.8. The number of ether oxygens (including phenoxy) is 1. The van der Waals surface area contributed by atoms with Crippen LogP contribution in [-0.4, -0.2) is 99.1 Å². The van der Waals surface area contributed by atoms with Crippen LogP contribution in [0.5, 0.6) is 0 Å². The average Bonchev–Trinajstić information content (AvgIpc) is 3.16. The first-order valence-electron chi connectivity index (χ1n) is 10.5. The maximum atomic E-state index is 12.3. The molecule has 0 spiro atoms. The number of likely N-dealkylation sites (N-methyl/N-ethyl adjacent to an activating group) is 1. The molecule has 0 saturated carbocycles. The first kappa shape index (κ1) is 22.5. The largest absolute Gasteiger partial charge is 0.466 e. The highest BCUT2D eigenvalue weighted by Crippen LogP contribution is 2.20. The van der Waals surface area contributed by atoms with Gasteiger partial charge in [-0.15, -0.1) is 0 Å². The number of amides is 1. The number of piperidine rings is 1. The van der Waals surface area contributed by atoms with Crippen molar-refractivity contribution in [1.82, 2.24) is 20.0 Å². The van der Waals surface area contributed by atoms with Gasteiger partial charge in [0.2, 0.25) is 5.91 Å². The zero-order valence-electron chi connectivity index (χ0n) is 17.9. The van der Waals surface area contributed by atoms with Crippen LogP contribution >= 0.6 is 0 Å². The molecule has 1 atom stereocenters. The van der Waals surface area contributed by atoms with Crippen molar-refractivity contribution in [2.45, 2.75) is 45.1 Å². The molecule has 2 saturated heterocycles. The maximum Gasteiger partial charge on any atom is 0.309 e. The molecule has 0 aromatic heterocycles. The number of nitrogens with one attached hydrogen (secondary N) is 1. The van der Waals surface area contributed by atoms with Gasteiger partial charge >= 0.3 is 5.97 Å². The van der Waals surface area contributed by atoms with E-state index in [0.29, 0.717) is 6.61 Å². The van der Waals surface area contributed by atoms with Gasteiger partial charge in [-0.3, -0.25) is 19.5 Å². The molecule has 1 amide bonds. The predicted octanol–water partition coefficient (Wildman–Crippen LogP) is 0.780. The Morgan fingerprint density at radius 1 is 1.18 bits per heavy atom. The lowest BCUT2D eigenvalue weighted by atomic mass is 9.97. The third kappa shape index (κ3) is 6.09. The quantitative estimate of drug-likeness (QED) is 0.297. The Balaban J connectivity index is 1.70. The Morgan fingerprint density at radius 2 is 1.89 bits per heavy atom. The summed E-state index contributed by atoms with van der Waals surface area (Å²) in [5.74, 6) is 1.04. The average molecular weight is 396 g/mol. The van der Waals surface area contributed by atoms with Crippen LogP contribution < -0.4 is 5.32 Å². The molecule has 0 bridgehead atoms. The normalized spacial score (nSPS) is 21.6. The zero-order chi connectivity index (χ0) is 20.5. The number of nitrogens with zero attached hydrogens (tertiary/aromatic N) is 4. The lowest BCUT2D eigenvalue weighted by molar-refractivity contribution is -0.149. The molecule has 160 valence electrons. The third-order valence-corrected chi connectivity index (χ3v) is 5.62. The minimum absolute atomic E-state index is 0.00985. The monoisotopic (exact) mass is 395 g/mol. The number of carbonyl (C=O) groups excluding carboxylic acids is 2. The topological polar surface area (TPSA) is 77.5 Å². The molecule has 28 heavy (non-hydrogen) atoms. The Kier molecular flexibility index (Phi) is 9.02. The van der Waals surface area contributed by atoms with Gasteiger partial charge in [0.1, 0.15) is 0 Å². The molecule has 2 heterocycles. The van der Waals surface area contributed by atoms with Crippen LogP contribution in [0, 0.1) is 5.92 Å². The van der Waals surface area contributed by atoms with E-state index in [-0.39, 0.29) is 23.8 Å². The second kappa shape index (κ2) is 11.2. The lowest BCUT2D eigenvalue weighted by Crippen LogP contribution is -2.47. The van der Waals surface area contributed by atoms with Crippen molar-refractivity contribution in [1.29, 1.82) is 0 Å². The SMILES string of the molecule is CCOC(=O)C1CCN(C(=NC)NCCCN2CCCC2C(=O)N(C)C)CC1. The van der Waals surface area contributed by atoms with E-state index in [4.69, 9.17) is 4.74 Å². The van der Waals surface area contributed by atoms with Crippen molar-refractivity contribution in [3.8, 4) is 0 Å². The van der Waals surface area contributed by atoms with Gasteiger partial charge < -0.3 is 19.9 Å². The van der Waals surface area contributed by atoms with Crippen molar-refractivity contribution in [2.75, 3.05) is 60.5 Å². The van der Waals surface area contributed by atoms with Gasteiger partial charge in [-0.05, 0) is 45.6 Å². The standard InChI is InChI=1S/C20H37N5O3/c1-5-28-19(27)16-9-14-25(15-10-16)20(21-2)22-11-7-13-24-12-6-8-17(24)18(26)23(3)4/h16-17H,5-15H2,1-4H3,(H,21,22). The summed E-state index contributed by atoms with van der Waals surface area (Å²) in [6.07, 6.45) is 4.63. The minimum atomic E-state index is -0.0717. The molecule has 1 unspecified atom stereocenters. The van der Waals surface area contributed by atoms with Gasteiger partial charge in [-0.25, -0.2) is 0 Å². The van der Waals surface area contributed by atoms with Crippen LogP contribution in [0.2, 0.25) is 0 Å². The van der Waals surface area contributed by atoms with E-state index in [0.717, 1.165) is 70.8 Å². The van der Waals surface area contributed by atoms with E-state index >= 15 is 0 Å². The molecule has 2 fully saturated rings. The fourth-order valence-electron chi connectivity index (χ4n) is 4.07.